The van der Waals surface area contributed by atoms with Crippen molar-refractivity contribution in [3.63, 3.8) is 0 Å². The number of benzene rings is 2. The Morgan fingerprint density at radius 2 is 1.84 bits per heavy atom. The van der Waals surface area contributed by atoms with Crippen molar-refractivity contribution >= 4 is 11.7 Å². The first-order valence-electron chi connectivity index (χ1n) is 5.23. The van der Waals surface area contributed by atoms with Crippen molar-refractivity contribution in [3.05, 3.63) is 53.6 Å². The van der Waals surface area contributed by atoms with Crippen LogP contribution in [0.25, 0.3) is 0 Å². The van der Waals surface area contributed by atoms with E-state index in [-0.39, 0.29) is 22.7 Å². The van der Waals surface area contributed by atoms with E-state index in [0.717, 1.165) is 24.3 Å². The molecule has 0 spiro atoms. The second-order valence-electron chi connectivity index (χ2n) is 3.73. The summed E-state index contributed by atoms with van der Waals surface area (Å²) in [6.45, 7) is 0. The molecule has 98 valence electrons. The highest BCUT2D eigenvalue weighted by molar-refractivity contribution is 5.89. The van der Waals surface area contributed by atoms with E-state index in [1.807, 2.05) is 0 Å². The molecule has 0 heterocycles. The lowest BCUT2D eigenvalue weighted by atomic mass is 10.2. The molecule has 0 unspecified atom stereocenters. The molecular formula is C13H9F2NO3. The van der Waals surface area contributed by atoms with Gasteiger partial charge >= 0.3 is 5.97 Å². The lowest BCUT2D eigenvalue weighted by Gasteiger charge is -2.10. The Morgan fingerprint density at radius 1 is 1.11 bits per heavy atom. The van der Waals surface area contributed by atoms with Crippen LogP contribution in [-0.2, 0) is 0 Å². The van der Waals surface area contributed by atoms with E-state index in [0.29, 0.717) is 0 Å². The monoisotopic (exact) mass is 265 g/mol. The number of carboxylic acids is 1. The molecule has 0 radical (unpaired) electrons. The summed E-state index contributed by atoms with van der Waals surface area (Å²) in [5.41, 5.74) is 5.64. The van der Waals surface area contributed by atoms with Crippen LogP contribution in [0.4, 0.5) is 14.5 Å². The fourth-order valence-corrected chi connectivity index (χ4v) is 1.43. The van der Waals surface area contributed by atoms with Crippen LogP contribution < -0.4 is 10.5 Å². The average molecular weight is 265 g/mol. The molecule has 3 N–H and O–H groups in total. The number of anilines is 1. The average Bonchev–Trinajstić information content (AvgIpc) is 2.36. The van der Waals surface area contributed by atoms with Crippen molar-refractivity contribution in [1.29, 1.82) is 0 Å². The maximum Gasteiger partial charge on any atom is 0.335 e. The van der Waals surface area contributed by atoms with Crippen molar-refractivity contribution in [2.75, 3.05) is 5.73 Å². The van der Waals surface area contributed by atoms with Crippen molar-refractivity contribution in [2.24, 2.45) is 0 Å². The lowest BCUT2D eigenvalue weighted by Crippen LogP contribution is -2.00. The van der Waals surface area contributed by atoms with Crippen LogP contribution in [0.2, 0.25) is 0 Å². The van der Waals surface area contributed by atoms with Gasteiger partial charge in [0.25, 0.3) is 0 Å². The molecule has 0 saturated heterocycles. The van der Waals surface area contributed by atoms with Gasteiger partial charge < -0.3 is 15.6 Å². The third kappa shape index (κ3) is 2.79. The minimum atomic E-state index is -1.18. The normalized spacial score (nSPS) is 10.2. The molecule has 0 bridgehead atoms. The first-order chi connectivity index (χ1) is 8.97. The van der Waals surface area contributed by atoms with Crippen LogP contribution in [0.5, 0.6) is 11.5 Å². The number of ether oxygens (including phenoxy) is 1. The Bertz CT molecular complexity index is 644. The topological polar surface area (TPSA) is 72.6 Å². The van der Waals surface area contributed by atoms with Crippen molar-refractivity contribution < 1.29 is 23.4 Å². The SMILES string of the molecule is Nc1ccc(C(=O)O)cc1Oc1cc(F)ccc1F. The zero-order chi connectivity index (χ0) is 14.0. The summed E-state index contributed by atoms with van der Waals surface area (Å²) in [5.74, 6) is -3.05. The van der Waals surface area contributed by atoms with Crippen LogP contribution in [-0.4, -0.2) is 11.1 Å². The molecule has 0 amide bonds. The van der Waals surface area contributed by atoms with E-state index in [1.54, 1.807) is 0 Å². The summed E-state index contributed by atoms with van der Waals surface area (Å²) >= 11 is 0. The Morgan fingerprint density at radius 3 is 2.53 bits per heavy atom. The molecule has 0 aliphatic heterocycles. The van der Waals surface area contributed by atoms with E-state index in [9.17, 15) is 13.6 Å². The summed E-state index contributed by atoms with van der Waals surface area (Å²) in [5, 5.41) is 8.83. The molecular weight excluding hydrogens is 256 g/mol. The predicted molar refractivity (Wildman–Crippen MR) is 64.2 cm³/mol. The van der Waals surface area contributed by atoms with Crippen molar-refractivity contribution in [1.82, 2.24) is 0 Å². The minimum absolute atomic E-state index is 0.0515. The smallest absolute Gasteiger partial charge is 0.335 e. The quantitative estimate of drug-likeness (QED) is 0.836. The van der Waals surface area contributed by atoms with Gasteiger partial charge in [-0.3, -0.25) is 0 Å². The number of carboxylic acid groups (broad SMARTS) is 1. The van der Waals surface area contributed by atoms with Gasteiger partial charge in [0.1, 0.15) is 5.82 Å². The van der Waals surface area contributed by atoms with Crippen LogP contribution in [0.15, 0.2) is 36.4 Å². The number of hydrogen-bond donors (Lipinski definition) is 2. The lowest BCUT2D eigenvalue weighted by molar-refractivity contribution is 0.0696. The molecule has 4 nitrogen and oxygen atoms in total. The van der Waals surface area contributed by atoms with E-state index >= 15 is 0 Å². The van der Waals surface area contributed by atoms with Crippen LogP contribution >= 0.6 is 0 Å². The summed E-state index contributed by atoms with van der Waals surface area (Å²) < 4.78 is 31.5. The maximum atomic E-state index is 13.4. The zero-order valence-electron chi connectivity index (χ0n) is 9.56. The van der Waals surface area contributed by atoms with Gasteiger partial charge in [-0.1, -0.05) is 0 Å². The maximum absolute atomic E-state index is 13.4. The summed E-state index contributed by atoms with van der Waals surface area (Å²) in [4.78, 5) is 10.8. The second kappa shape index (κ2) is 4.93. The molecule has 2 rings (SSSR count). The Labute approximate surface area is 107 Å². The molecule has 0 aliphatic rings. The van der Waals surface area contributed by atoms with Crippen LogP contribution in [0, 0.1) is 11.6 Å². The molecule has 19 heavy (non-hydrogen) atoms. The number of nitrogen functional groups attached to an aromatic ring is 1. The summed E-state index contributed by atoms with van der Waals surface area (Å²) in [6, 6.07) is 6.44. The van der Waals surface area contributed by atoms with E-state index in [4.69, 9.17) is 15.6 Å². The van der Waals surface area contributed by atoms with E-state index in [2.05, 4.69) is 0 Å². The molecule has 6 heteroatoms. The van der Waals surface area contributed by atoms with Gasteiger partial charge in [-0.25, -0.2) is 13.6 Å². The van der Waals surface area contributed by atoms with Gasteiger partial charge in [-0.15, -0.1) is 0 Å². The number of halogens is 2. The van der Waals surface area contributed by atoms with Crippen LogP contribution in [0.1, 0.15) is 10.4 Å². The van der Waals surface area contributed by atoms with Crippen LogP contribution in [0.3, 0.4) is 0 Å². The molecule has 0 aromatic heterocycles. The van der Waals surface area contributed by atoms with Gasteiger partial charge in [0.15, 0.2) is 17.3 Å². The summed E-state index contributed by atoms with van der Waals surface area (Å²) in [6.07, 6.45) is 0. The Kier molecular flexibility index (Phi) is 3.33. The number of rotatable bonds is 3. The zero-order valence-corrected chi connectivity index (χ0v) is 9.56. The number of aromatic carboxylic acids is 1. The first kappa shape index (κ1) is 12.8. The number of nitrogens with two attached hydrogens (primary N) is 1. The molecule has 2 aromatic rings. The molecule has 0 aliphatic carbocycles. The highest BCUT2D eigenvalue weighted by atomic mass is 19.1. The van der Waals surface area contributed by atoms with Gasteiger partial charge in [-0.2, -0.15) is 0 Å². The highest BCUT2D eigenvalue weighted by Gasteiger charge is 2.11. The Balaban J connectivity index is 2.40. The largest absolute Gasteiger partial charge is 0.478 e. The Hall–Kier alpha value is -2.63. The van der Waals surface area contributed by atoms with E-state index < -0.39 is 17.6 Å². The fourth-order valence-electron chi connectivity index (χ4n) is 1.43. The molecule has 2 aromatic carbocycles. The highest BCUT2D eigenvalue weighted by Crippen LogP contribution is 2.30. The fraction of sp³-hybridized carbons (Fsp3) is 0. The predicted octanol–water partition coefficient (Wildman–Crippen LogP) is 3.04. The number of hydrogen-bond acceptors (Lipinski definition) is 3. The van der Waals surface area contributed by atoms with Gasteiger partial charge in [0, 0.05) is 6.07 Å². The third-order valence-electron chi connectivity index (χ3n) is 2.37. The third-order valence-corrected chi connectivity index (χ3v) is 2.37. The van der Waals surface area contributed by atoms with Gasteiger partial charge in [0.05, 0.1) is 11.3 Å². The number of carbonyl (C=O) groups is 1. The standard InChI is InChI=1S/C13H9F2NO3/c14-8-2-3-9(15)11(6-8)19-12-5-7(13(17)18)1-4-10(12)16/h1-6H,16H2,(H,17,18). The van der Waals surface area contributed by atoms with Crippen molar-refractivity contribution in [3.8, 4) is 11.5 Å². The van der Waals surface area contributed by atoms with Gasteiger partial charge in [0.2, 0.25) is 0 Å². The molecule has 0 saturated carbocycles. The van der Waals surface area contributed by atoms with Crippen molar-refractivity contribution in [2.45, 2.75) is 0 Å². The van der Waals surface area contributed by atoms with Gasteiger partial charge in [-0.05, 0) is 30.3 Å². The second-order valence-corrected chi connectivity index (χ2v) is 3.73. The van der Waals surface area contributed by atoms with E-state index in [1.165, 1.54) is 12.1 Å². The first-order valence-corrected chi connectivity index (χ1v) is 5.23. The molecule has 0 atom stereocenters. The molecule has 0 fully saturated rings. The minimum Gasteiger partial charge on any atom is -0.478 e. The summed E-state index contributed by atoms with van der Waals surface area (Å²) in [7, 11) is 0.